The summed E-state index contributed by atoms with van der Waals surface area (Å²) in [7, 11) is -3.48. The Hall–Kier alpha value is -0.950. The molecular weight excluding hydrogens is 290 g/mol. The number of rotatable bonds is 4. The van der Waals surface area contributed by atoms with E-state index in [1.54, 1.807) is 26.8 Å². The summed E-state index contributed by atoms with van der Waals surface area (Å²) in [6.45, 7) is 5.21. The molecule has 0 aliphatic carbocycles. The van der Waals surface area contributed by atoms with Gasteiger partial charge in [-0.25, -0.2) is 8.42 Å². The molecule has 0 saturated carbocycles. The molecule has 2 N–H and O–H groups in total. The van der Waals surface area contributed by atoms with E-state index in [4.69, 9.17) is 0 Å². The summed E-state index contributed by atoms with van der Waals surface area (Å²) in [6, 6.07) is 5.18. The molecule has 1 aromatic carbocycles. The predicted molar refractivity (Wildman–Crippen MR) is 81.0 cm³/mol. The molecule has 118 valence electrons. The van der Waals surface area contributed by atoms with Crippen LogP contribution in [0.3, 0.4) is 0 Å². The van der Waals surface area contributed by atoms with Crippen LogP contribution in [0.1, 0.15) is 49.9 Å². The molecule has 0 unspecified atom stereocenters. The average molecular weight is 313 g/mol. The largest absolute Gasteiger partial charge is 0.396 e. The van der Waals surface area contributed by atoms with Crippen LogP contribution >= 0.6 is 0 Å². The summed E-state index contributed by atoms with van der Waals surface area (Å²) < 4.78 is 26.1. The summed E-state index contributed by atoms with van der Waals surface area (Å²) >= 11 is 0. The minimum Gasteiger partial charge on any atom is -0.396 e. The van der Waals surface area contributed by atoms with Crippen LogP contribution in [0, 0.1) is 0 Å². The third-order valence-electron chi connectivity index (χ3n) is 3.91. The average Bonchev–Trinajstić information content (AvgIpc) is 2.76. The van der Waals surface area contributed by atoms with Gasteiger partial charge in [-0.2, -0.15) is 4.31 Å². The van der Waals surface area contributed by atoms with Crippen molar-refractivity contribution in [3.05, 3.63) is 34.9 Å². The van der Waals surface area contributed by atoms with Crippen LogP contribution in [0.25, 0.3) is 0 Å². The molecule has 0 fully saturated rings. The highest BCUT2D eigenvalue weighted by Gasteiger charge is 2.43. The quantitative estimate of drug-likeness (QED) is 0.884. The maximum atomic E-state index is 12.8. The molecule has 0 radical (unpaired) electrons. The molecule has 0 bridgehead atoms. The van der Waals surface area contributed by atoms with Gasteiger partial charge in [0, 0.05) is 13.2 Å². The number of benzene rings is 1. The van der Waals surface area contributed by atoms with Gasteiger partial charge in [-0.15, -0.1) is 0 Å². The zero-order valence-electron chi connectivity index (χ0n) is 12.7. The maximum Gasteiger partial charge on any atom is 0.219 e. The fourth-order valence-corrected chi connectivity index (χ4v) is 4.25. The lowest BCUT2D eigenvalue weighted by atomic mass is 10.0. The number of aliphatic hydroxyl groups excluding tert-OH is 2. The predicted octanol–water partition coefficient (Wildman–Crippen LogP) is 1.55. The van der Waals surface area contributed by atoms with Gasteiger partial charge in [-0.05, 0) is 43.9 Å². The summed E-state index contributed by atoms with van der Waals surface area (Å²) in [5, 5.41) is 18.5. The van der Waals surface area contributed by atoms with E-state index in [-0.39, 0.29) is 19.3 Å². The minimum atomic E-state index is -3.48. The highest BCUT2D eigenvalue weighted by Crippen LogP contribution is 2.41. The van der Waals surface area contributed by atoms with Gasteiger partial charge in [0.1, 0.15) is 0 Å². The first-order chi connectivity index (χ1) is 9.72. The Labute approximate surface area is 126 Å². The third-order valence-corrected chi connectivity index (χ3v) is 6.46. The van der Waals surface area contributed by atoms with E-state index in [1.165, 1.54) is 4.31 Å². The zero-order chi connectivity index (χ0) is 15.8. The summed E-state index contributed by atoms with van der Waals surface area (Å²) in [4.78, 5) is 0. The second-order valence-electron chi connectivity index (χ2n) is 6.38. The van der Waals surface area contributed by atoms with E-state index >= 15 is 0 Å². The lowest BCUT2D eigenvalue weighted by Crippen LogP contribution is -2.42. The van der Waals surface area contributed by atoms with Crippen LogP contribution in [0.15, 0.2) is 18.2 Å². The fraction of sp³-hybridized carbons (Fsp3) is 0.600. The Morgan fingerprint density at radius 2 is 1.95 bits per heavy atom. The molecule has 1 heterocycles. The van der Waals surface area contributed by atoms with Crippen LogP contribution in [-0.2, 0) is 23.2 Å². The first-order valence-electron chi connectivity index (χ1n) is 7.07. The maximum absolute atomic E-state index is 12.8. The van der Waals surface area contributed by atoms with Crippen LogP contribution < -0.4 is 0 Å². The van der Waals surface area contributed by atoms with E-state index in [0.29, 0.717) is 13.0 Å². The number of fused-ring (bicyclic) bond motifs is 1. The Morgan fingerprint density at radius 3 is 2.48 bits per heavy atom. The van der Waals surface area contributed by atoms with Crippen LogP contribution in [0.5, 0.6) is 0 Å². The molecule has 0 amide bonds. The summed E-state index contributed by atoms with van der Waals surface area (Å²) in [6.07, 6.45) is 0.376. The number of aliphatic hydroxyl groups is 2. The topological polar surface area (TPSA) is 77.8 Å². The Kier molecular flexibility index (Phi) is 4.44. The van der Waals surface area contributed by atoms with Gasteiger partial charge >= 0.3 is 0 Å². The first-order valence-corrected chi connectivity index (χ1v) is 8.51. The monoisotopic (exact) mass is 313 g/mol. The second-order valence-corrected chi connectivity index (χ2v) is 9.03. The standard InChI is InChI=1S/C15H23NO4S/c1-15(2,3)21(19,20)16-9-12-8-11(10-18)4-5-13(12)14(16)6-7-17/h4-5,8,14,17-18H,6-7,9-10H2,1-3H3/t14-/m1/s1. The molecular formula is C15H23NO4S. The summed E-state index contributed by atoms with van der Waals surface area (Å²) in [5.74, 6) is 0. The SMILES string of the molecule is CC(C)(C)S(=O)(=O)N1Cc2cc(CO)ccc2[C@H]1CCO. The highest BCUT2D eigenvalue weighted by atomic mass is 32.2. The lowest BCUT2D eigenvalue weighted by Gasteiger charge is -2.31. The smallest absolute Gasteiger partial charge is 0.219 e. The van der Waals surface area contributed by atoms with Crippen molar-refractivity contribution in [2.75, 3.05) is 6.61 Å². The van der Waals surface area contributed by atoms with Gasteiger partial charge in [-0.3, -0.25) is 0 Å². The molecule has 1 aliphatic rings. The molecule has 1 aliphatic heterocycles. The molecule has 0 spiro atoms. The molecule has 1 atom stereocenters. The van der Waals surface area contributed by atoms with Crippen molar-refractivity contribution in [2.45, 2.75) is 51.1 Å². The van der Waals surface area contributed by atoms with Crippen molar-refractivity contribution in [2.24, 2.45) is 0 Å². The normalized spacial score (nSPS) is 19.8. The Bertz CT molecular complexity index is 619. The van der Waals surface area contributed by atoms with Gasteiger partial charge in [0.05, 0.1) is 17.4 Å². The van der Waals surface area contributed by atoms with E-state index in [1.807, 2.05) is 12.1 Å². The van der Waals surface area contributed by atoms with Gasteiger partial charge in [-0.1, -0.05) is 18.2 Å². The number of hydrogen-bond acceptors (Lipinski definition) is 4. The van der Waals surface area contributed by atoms with Crippen LogP contribution in [0.2, 0.25) is 0 Å². The van der Waals surface area contributed by atoms with Gasteiger partial charge in [0.15, 0.2) is 0 Å². The van der Waals surface area contributed by atoms with Crippen LogP contribution in [0.4, 0.5) is 0 Å². The molecule has 0 saturated heterocycles. The van der Waals surface area contributed by atoms with Crippen molar-refractivity contribution in [1.82, 2.24) is 4.31 Å². The van der Waals surface area contributed by atoms with Crippen molar-refractivity contribution < 1.29 is 18.6 Å². The van der Waals surface area contributed by atoms with E-state index in [0.717, 1.165) is 16.7 Å². The Morgan fingerprint density at radius 1 is 1.29 bits per heavy atom. The lowest BCUT2D eigenvalue weighted by molar-refractivity contribution is 0.233. The molecule has 1 aromatic rings. The highest BCUT2D eigenvalue weighted by molar-refractivity contribution is 7.90. The first kappa shape index (κ1) is 16.4. The van der Waals surface area contributed by atoms with Crippen molar-refractivity contribution in [3.8, 4) is 0 Å². The molecule has 21 heavy (non-hydrogen) atoms. The number of hydrogen-bond donors (Lipinski definition) is 2. The van der Waals surface area contributed by atoms with Gasteiger partial charge in [0.25, 0.3) is 0 Å². The number of nitrogens with zero attached hydrogens (tertiary/aromatic N) is 1. The molecule has 5 nitrogen and oxygen atoms in total. The summed E-state index contributed by atoms with van der Waals surface area (Å²) in [5.41, 5.74) is 2.61. The van der Waals surface area contributed by atoms with Crippen molar-refractivity contribution in [1.29, 1.82) is 0 Å². The van der Waals surface area contributed by atoms with Crippen molar-refractivity contribution in [3.63, 3.8) is 0 Å². The van der Waals surface area contributed by atoms with Gasteiger partial charge in [0.2, 0.25) is 10.0 Å². The van der Waals surface area contributed by atoms with Crippen LogP contribution in [-0.4, -0.2) is 34.3 Å². The molecule has 6 heteroatoms. The van der Waals surface area contributed by atoms with E-state index < -0.39 is 14.8 Å². The Balaban J connectivity index is 2.46. The number of sulfonamides is 1. The van der Waals surface area contributed by atoms with Crippen molar-refractivity contribution >= 4 is 10.0 Å². The van der Waals surface area contributed by atoms with E-state index in [2.05, 4.69) is 0 Å². The second kappa shape index (κ2) is 5.68. The fourth-order valence-electron chi connectivity index (χ4n) is 2.68. The minimum absolute atomic E-state index is 0.0655. The molecule has 2 rings (SSSR count). The third kappa shape index (κ3) is 2.85. The van der Waals surface area contributed by atoms with E-state index in [9.17, 15) is 18.6 Å². The zero-order valence-corrected chi connectivity index (χ0v) is 13.5. The van der Waals surface area contributed by atoms with Gasteiger partial charge < -0.3 is 10.2 Å². The molecule has 0 aromatic heterocycles.